The summed E-state index contributed by atoms with van der Waals surface area (Å²) < 4.78 is 26.4. The molecular formula is C11H20N2O4S. The number of piperidine rings is 1. The average molecular weight is 276 g/mol. The van der Waals surface area contributed by atoms with Gasteiger partial charge in [0.15, 0.2) is 0 Å². The summed E-state index contributed by atoms with van der Waals surface area (Å²) in [6.45, 7) is 3.49. The first-order valence-corrected chi connectivity index (χ1v) is 7.93. The van der Waals surface area contributed by atoms with Crippen molar-refractivity contribution >= 4 is 16.2 Å². The highest BCUT2D eigenvalue weighted by atomic mass is 32.2. The van der Waals surface area contributed by atoms with E-state index < -0.39 is 22.2 Å². The summed E-state index contributed by atoms with van der Waals surface area (Å²) in [4.78, 5) is 11.0. The van der Waals surface area contributed by atoms with E-state index in [1.807, 2.05) is 0 Å². The quantitative estimate of drug-likeness (QED) is 0.632. The van der Waals surface area contributed by atoms with Gasteiger partial charge in [0, 0.05) is 25.9 Å². The average Bonchev–Trinajstić information content (AvgIpc) is 2.79. The summed E-state index contributed by atoms with van der Waals surface area (Å²) >= 11 is 0. The van der Waals surface area contributed by atoms with Gasteiger partial charge in [0.1, 0.15) is 12.0 Å². The monoisotopic (exact) mass is 276 g/mol. The lowest BCUT2D eigenvalue weighted by atomic mass is 10.0. The van der Waals surface area contributed by atoms with Crippen LogP contribution in [0.2, 0.25) is 0 Å². The minimum Gasteiger partial charge on any atom is -0.544 e. The molecule has 2 saturated heterocycles. The van der Waals surface area contributed by atoms with Crippen LogP contribution < -0.4 is 9.41 Å². The molecule has 6 nitrogen and oxygen atoms in total. The zero-order valence-corrected chi connectivity index (χ0v) is 11.4. The normalized spacial score (nSPS) is 31.6. The fourth-order valence-electron chi connectivity index (χ4n) is 2.76. The zero-order valence-electron chi connectivity index (χ0n) is 10.6. The summed E-state index contributed by atoms with van der Waals surface area (Å²) in [6, 6.07) is -0.908. The second-order valence-corrected chi connectivity index (χ2v) is 7.31. The Balaban J connectivity index is 2.13. The van der Waals surface area contributed by atoms with Crippen molar-refractivity contribution in [2.75, 3.05) is 19.6 Å². The van der Waals surface area contributed by atoms with Crippen molar-refractivity contribution in [2.45, 2.75) is 38.6 Å². The summed E-state index contributed by atoms with van der Waals surface area (Å²) in [5.74, 6) is -0.710. The van der Waals surface area contributed by atoms with Crippen LogP contribution in [0.3, 0.4) is 0 Å². The lowest BCUT2D eigenvalue weighted by Gasteiger charge is -2.32. The van der Waals surface area contributed by atoms with E-state index in [1.165, 1.54) is 4.31 Å². The number of quaternary nitrogens is 1. The molecule has 2 heterocycles. The van der Waals surface area contributed by atoms with Gasteiger partial charge in [-0.25, -0.2) is 4.31 Å². The number of carbonyl (C=O) groups is 1. The number of carboxylic acids is 1. The van der Waals surface area contributed by atoms with Crippen LogP contribution in [0.15, 0.2) is 0 Å². The molecule has 0 aromatic rings. The van der Waals surface area contributed by atoms with Gasteiger partial charge in [0.05, 0.1) is 6.54 Å². The zero-order chi connectivity index (χ0) is 13.3. The minimum atomic E-state index is -3.55. The second-order valence-electron chi connectivity index (χ2n) is 5.32. The molecule has 104 valence electrons. The van der Waals surface area contributed by atoms with Crippen LogP contribution in [0.25, 0.3) is 0 Å². The van der Waals surface area contributed by atoms with Crippen LogP contribution in [0.1, 0.15) is 32.6 Å². The first-order chi connectivity index (χ1) is 8.43. The van der Waals surface area contributed by atoms with Crippen LogP contribution in [-0.4, -0.2) is 44.4 Å². The van der Waals surface area contributed by atoms with Crippen molar-refractivity contribution in [1.29, 1.82) is 0 Å². The number of carboxylic acid groups (broad SMARTS) is 1. The second kappa shape index (κ2) is 5.14. The first kappa shape index (κ1) is 13.8. The van der Waals surface area contributed by atoms with Gasteiger partial charge in [-0.3, -0.25) is 0 Å². The molecule has 0 saturated carbocycles. The van der Waals surface area contributed by atoms with E-state index in [9.17, 15) is 18.3 Å². The Kier molecular flexibility index (Phi) is 3.93. The van der Waals surface area contributed by atoms with Gasteiger partial charge in [0.25, 0.3) is 0 Å². The molecule has 18 heavy (non-hydrogen) atoms. The molecule has 0 aliphatic carbocycles. The Morgan fingerprint density at radius 2 is 1.89 bits per heavy atom. The van der Waals surface area contributed by atoms with Gasteiger partial charge < -0.3 is 9.90 Å². The number of aliphatic carboxylic acids is 1. The smallest absolute Gasteiger partial charge is 0.371 e. The highest BCUT2D eigenvalue weighted by Crippen LogP contribution is 2.17. The van der Waals surface area contributed by atoms with Crippen LogP contribution in [0.5, 0.6) is 0 Å². The van der Waals surface area contributed by atoms with Crippen LogP contribution in [0.4, 0.5) is 0 Å². The Morgan fingerprint density at radius 1 is 1.28 bits per heavy atom. The lowest BCUT2D eigenvalue weighted by Crippen LogP contribution is -3.18. The Bertz CT molecular complexity index is 415. The molecule has 0 radical (unpaired) electrons. The molecule has 0 bridgehead atoms. The van der Waals surface area contributed by atoms with Gasteiger partial charge >= 0.3 is 10.2 Å². The Morgan fingerprint density at radius 3 is 2.44 bits per heavy atom. The van der Waals surface area contributed by atoms with E-state index in [4.69, 9.17) is 0 Å². The van der Waals surface area contributed by atoms with Gasteiger partial charge in [-0.05, 0) is 18.8 Å². The molecular weight excluding hydrogens is 256 g/mol. The number of nitrogens with one attached hydrogen (secondary N) is 1. The minimum absolute atomic E-state index is 0.164. The van der Waals surface area contributed by atoms with E-state index in [0.29, 0.717) is 38.4 Å². The molecule has 0 aromatic carbocycles. The fourth-order valence-corrected chi connectivity index (χ4v) is 4.76. The van der Waals surface area contributed by atoms with Crippen molar-refractivity contribution in [3.8, 4) is 0 Å². The third kappa shape index (κ3) is 2.53. The van der Waals surface area contributed by atoms with Crippen molar-refractivity contribution in [2.24, 2.45) is 5.92 Å². The standard InChI is InChI=1S/C11H20N2O4S/c1-9-4-7-12(8-5-9)18(16,17)13-6-2-3-10(13)11(14)15/h9-10H,2-8H2,1H3,(H,14,15)/t10-/m0/s1. The third-order valence-corrected chi connectivity index (χ3v) is 6.20. The van der Waals surface area contributed by atoms with E-state index in [-0.39, 0.29) is 4.31 Å². The topological polar surface area (TPSA) is 82.0 Å². The molecule has 0 spiro atoms. The van der Waals surface area contributed by atoms with Crippen molar-refractivity contribution in [3.05, 3.63) is 0 Å². The maximum atomic E-state index is 12.4. The molecule has 2 aliphatic heterocycles. The van der Waals surface area contributed by atoms with Crippen molar-refractivity contribution in [3.63, 3.8) is 0 Å². The summed E-state index contributed by atoms with van der Waals surface area (Å²) in [5, 5.41) is 11.0. The molecule has 2 fully saturated rings. The van der Waals surface area contributed by atoms with Crippen LogP contribution in [-0.2, 0) is 15.0 Å². The number of carbonyl (C=O) groups excluding carboxylic acids is 1. The Labute approximate surface area is 108 Å². The number of nitrogens with zero attached hydrogens (tertiary/aromatic N) is 1. The summed E-state index contributed by atoms with van der Waals surface area (Å²) in [6.07, 6.45) is 2.71. The molecule has 2 aliphatic rings. The first-order valence-electron chi connectivity index (χ1n) is 6.49. The van der Waals surface area contributed by atoms with E-state index in [0.717, 1.165) is 12.8 Å². The predicted molar refractivity (Wildman–Crippen MR) is 62.7 cm³/mol. The predicted octanol–water partition coefficient (Wildman–Crippen LogP) is -2.24. The van der Waals surface area contributed by atoms with Crippen LogP contribution in [0, 0.1) is 5.92 Å². The highest BCUT2D eigenvalue weighted by molar-refractivity contribution is 7.82. The number of hydrogen-bond donors (Lipinski definition) is 1. The third-order valence-electron chi connectivity index (χ3n) is 4.00. The number of rotatable bonds is 3. The van der Waals surface area contributed by atoms with E-state index >= 15 is 0 Å². The van der Waals surface area contributed by atoms with Gasteiger partial charge in [0.2, 0.25) is 0 Å². The highest BCUT2D eigenvalue weighted by Gasteiger charge is 2.43. The van der Waals surface area contributed by atoms with E-state index in [1.54, 1.807) is 0 Å². The molecule has 2 rings (SSSR count). The maximum absolute atomic E-state index is 12.4. The molecule has 0 aromatic heterocycles. The molecule has 0 amide bonds. The molecule has 7 heteroatoms. The fraction of sp³-hybridized carbons (Fsp3) is 0.909. The van der Waals surface area contributed by atoms with Gasteiger partial charge in [-0.1, -0.05) is 6.92 Å². The summed E-state index contributed by atoms with van der Waals surface area (Å²) in [7, 11) is -3.55. The molecule has 2 atom stereocenters. The Hall–Kier alpha value is -0.660. The largest absolute Gasteiger partial charge is 0.544 e. The lowest BCUT2D eigenvalue weighted by molar-refractivity contribution is -0.777. The van der Waals surface area contributed by atoms with Gasteiger partial charge in [-0.15, -0.1) is 0 Å². The van der Waals surface area contributed by atoms with Crippen molar-refractivity contribution < 1.29 is 22.6 Å². The number of hydrogen-bond acceptors (Lipinski definition) is 4. The molecule has 1 unspecified atom stereocenters. The maximum Gasteiger partial charge on any atom is 0.371 e. The van der Waals surface area contributed by atoms with Crippen LogP contribution >= 0.6 is 0 Å². The molecule has 1 N–H and O–H groups in total. The van der Waals surface area contributed by atoms with E-state index in [2.05, 4.69) is 6.92 Å². The SMILES string of the molecule is CC1CCN(S(=O)(=O)[NH+]2CCC[C@H]2C(=O)[O-])CC1. The summed E-state index contributed by atoms with van der Waals surface area (Å²) in [5.41, 5.74) is 0. The van der Waals surface area contributed by atoms with Crippen molar-refractivity contribution in [1.82, 2.24) is 4.31 Å². The van der Waals surface area contributed by atoms with Gasteiger partial charge in [-0.2, -0.15) is 12.7 Å².